The average molecular weight is 360 g/mol. The Morgan fingerprint density at radius 2 is 1.88 bits per heavy atom. The van der Waals surface area contributed by atoms with Crippen LogP contribution in [-0.4, -0.2) is 35.7 Å². The first-order valence-electron chi connectivity index (χ1n) is 8.82. The summed E-state index contributed by atoms with van der Waals surface area (Å²) in [4.78, 5) is 24.3. The van der Waals surface area contributed by atoms with Crippen LogP contribution in [-0.2, 0) is 20.7 Å². The molecule has 0 fully saturated rings. The number of hydrogen-bond acceptors (Lipinski definition) is 5. The van der Waals surface area contributed by atoms with Crippen molar-refractivity contribution in [2.24, 2.45) is 5.92 Å². The van der Waals surface area contributed by atoms with Crippen molar-refractivity contribution in [1.82, 2.24) is 5.32 Å². The molecule has 0 saturated heterocycles. The zero-order valence-corrected chi connectivity index (χ0v) is 15.7. The topological polar surface area (TPSA) is 99.4 Å². The first kappa shape index (κ1) is 21.7. The lowest BCUT2D eigenvalue weighted by Gasteiger charge is -2.22. The molecule has 0 bridgehead atoms. The van der Waals surface area contributed by atoms with Gasteiger partial charge in [0.05, 0.1) is 11.6 Å². The van der Waals surface area contributed by atoms with E-state index in [1.54, 1.807) is 12.1 Å². The number of carbonyl (C=O) groups excluding carboxylic acids is 2. The molecule has 0 unspecified atom stereocenters. The van der Waals surface area contributed by atoms with Crippen LogP contribution in [0, 0.1) is 17.2 Å². The van der Waals surface area contributed by atoms with Gasteiger partial charge in [0.2, 0.25) is 5.91 Å². The van der Waals surface area contributed by atoms with Crippen molar-refractivity contribution in [3.63, 3.8) is 0 Å². The van der Waals surface area contributed by atoms with Crippen LogP contribution in [0.4, 0.5) is 0 Å². The number of rotatable bonds is 9. The highest BCUT2D eigenvalue weighted by Crippen LogP contribution is 2.19. The minimum atomic E-state index is -0.570. The zero-order valence-electron chi connectivity index (χ0n) is 15.7. The molecule has 1 amide bonds. The Labute approximate surface area is 155 Å². The molecule has 142 valence electrons. The molecule has 0 aliphatic heterocycles. The largest absolute Gasteiger partial charge is 0.460 e. The number of carbonyl (C=O) groups is 2. The van der Waals surface area contributed by atoms with Gasteiger partial charge in [0, 0.05) is 26.0 Å². The standard InChI is InChI=1S/C20H28N2O4/c1-20(2,3)26-19(25)13-17(12-18(24)22-9-4-10-23)11-15-5-7-16(14-21)8-6-15/h5-8,17,23H,4,9-13H2,1-3H3,(H,22,24)/t17-/m1/s1. The Morgan fingerprint density at radius 3 is 2.42 bits per heavy atom. The lowest BCUT2D eigenvalue weighted by Crippen LogP contribution is -2.30. The van der Waals surface area contributed by atoms with Crippen molar-refractivity contribution in [3.8, 4) is 6.07 Å². The quantitative estimate of drug-likeness (QED) is 0.520. The second-order valence-corrected chi connectivity index (χ2v) is 7.30. The van der Waals surface area contributed by atoms with Crippen molar-refractivity contribution < 1.29 is 19.4 Å². The summed E-state index contributed by atoms with van der Waals surface area (Å²) in [7, 11) is 0. The van der Waals surface area contributed by atoms with E-state index in [1.807, 2.05) is 32.9 Å². The maximum Gasteiger partial charge on any atom is 0.306 e. The fraction of sp³-hybridized carbons (Fsp3) is 0.550. The van der Waals surface area contributed by atoms with Gasteiger partial charge in [-0.05, 0) is 57.2 Å². The van der Waals surface area contributed by atoms with Gasteiger partial charge < -0.3 is 15.2 Å². The van der Waals surface area contributed by atoms with E-state index in [-0.39, 0.29) is 37.2 Å². The molecule has 0 aliphatic rings. The number of benzene rings is 1. The second-order valence-electron chi connectivity index (χ2n) is 7.30. The maximum atomic E-state index is 12.2. The molecule has 6 heteroatoms. The third-order valence-electron chi connectivity index (χ3n) is 3.61. The molecule has 26 heavy (non-hydrogen) atoms. The molecular weight excluding hydrogens is 332 g/mol. The third-order valence-corrected chi connectivity index (χ3v) is 3.61. The first-order valence-corrected chi connectivity index (χ1v) is 8.82. The molecule has 0 radical (unpaired) electrons. The van der Waals surface area contributed by atoms with Gasteiger partial charge in [0.25, 0.3) is 0 Å². The second kappa shape index (κ2) is 10.6. The Kier molecular flexibility index (Phi) is 8.80. The van der Waals surface area contributed by atoms with Crippen LogP contribution in [0.15, 0.2) is 24.3 Å². The predicted molar refractivity (Wildman–Crippen MR) is 98.1 cm³/mol. The molecule has 0 heterocycles. The summed E-state index contributed by atoms with van der Waals surface area (Å²) in [6, 6.07) is 9.19. The molecule has 6 nitrogen and oxygen atoms in total. The highest BCUT2D eigenvalue weighted by atomic mass is 16.6. The maximum absolute atomic E-state index is 12.2. The van der Waals surface area contributed by atoms with E-state index in [0.717, 1.165) is 5.56 Å². The van der Waals surface area contributed by atoms with Crippen molar-refractivity contribution >= 4 is 11.9 Å². The van der Waals surface area contributed by atoms with Crippen LogP contribution < -0.4 is 5.32 Å². The van der Waals surface area contributed by atoms with E-state index in [0.29, 0.717) is 24.9 Å². The Hall–Kier alpha value is -2.39. The van der Waals surface area contributed by atoms with Gasteiger partial charge in [-0.1, -0.05) is 12.1 Å². The van der Waals surface area contributed by atoms with Gasteiger partial charge in [-0.2, -0.15) is 5.26 Å². The summed E-state index contributed by atoms with van der Waals surface area (Å²) in [6.07, 6.45) is 1.38. The number of aliphatic hydroxyl groups excluding tert-OH is 1. The molecule has 0 spiro atoms. The summed E-state index contributed by atoms with van der Waals surface area (Å²) in [5, 5.41) is 20.4. The van der Waals surface area contributed by atoms with Crippen molar-refractivity contribution in [3.05, 3.63) is 35.4 Å². The molecule has 1 atom stereocenters. The van der Waals surface area contributed by atoms with Crippen LogP contribution in [0.3, 0.4) is 0 Å². The number of ether oxygens (including phenoxy) is 1. The lowest BCUT2D eigenvalue weighted by atomic mass is 9.92. The molecule has 1 aromatic carbocycles. The number of nitrogens with zero attached hydrogens (tertiary/aromatic N) is 1. The van der Waals surface area contributed by atoms with Crippen molar-refractivity contribution in [1.29, 1.82) is 5.26 Å². The highest BCUT2D eigenvalue weighted by molar-refractivity contribution is 5.77. The lowest BCUT2D eigenvalue weighted by molar-refractivity contribution is -0.156. The van der Waals surface area contributed by atoms with Gasteiger partial charge >= 0.3 is 5.97 Å². The van der Waals surface area contributed by atoms with Gasteiger partial charge in [-0.15, -0.1) is 0 Å². The predicted octanol–water partition coefficient (Wildman–Crippen LogP) is 2.34. The molecule has 1 rings (SSSR count). The van der Waals surface area contributed by atoms with E-state index < -0.39 is 5.60 Å². The van der Waals surface area contributed by atoms with Crippen LogP contribution in [0.25, 0.3) is 0 Å². The molecule has 0 aliphatic carbocycles. The van der Waals surface area contributed by atoms with Gasteiger partial charge in [0.15, 0.2) is 0 Å². The summed E-state index contributed by atoms with van der Waals surface area (Å²) in [5.41, 5.74) is 0.958. The summed E-state index contributed by atoms with van der Waals surface area (Å²) >= 11 is 0. The van der Waals surface area contributed by atoms with E-state index >= 15 is 0 Å². The smallest absolute Gasteiger partial charge is 0.306 e. The summed E-state index contributed by atoms with van der Waals surface area (Å²) in [6.45, 7) is 5.85. The highest BCUT2D eigenvalue weighted by Gasteiger charge is 2.22. The van der Waals surface area contributed by atoms with Crippen LogP contribution in [0.5, 0.6) is 0 Å². The van der Waals surface area contributed by atoms with E-state index in [1.165, 1.54) is 0 Å². The SMILES string of the molecule is CC(C)(C)OC(=O)C[C@@H](CC(=O)NCCCO)Cc1ccc(C#N)cc1. The molecular formula is C20H28N2O4. The number of hydrogen-bond donors (Lipinski definition) is 2. The van der Waals surface area contributed by atoms with E-state index in [4.69, 9.17) is 15.1 Å². The monoisotopic (exact) mass is 360 g/mol. The fourth-order valence-electron chi connectivity index (χ4n) is 2.53. The van der Waals surface area contributed by atoms with Crippen LogP contribution in [0.1, 0.15) is 51.2 Å². The number of nitriles is 1. The summed E-state index contributed by atoms with van der Waals surface area (Å²) < 4.78 is 5.38. The molecule has 1 aromatic rings. The van der Waals surface area contributed by atoms with E-state index in [9.17, 15) is 9.59 Å². The minimum Gasteiger partial charge on any atom is -0.460 e. The van der Waals surface area contributed by atoms with Gasteiger partial charge in [-0.3, -0.25) is 9.59 Å². The summed E-state index contributed by atoms with van der Waals surface area (Å²) in [5.74, 6) is -0.688. The Balaban J connectivity index is 2.74. The van der Waals surface area contributed by atoms with Crippen molar-refractivity contribution in [2.75, 3.05) is 13.2 Å². The first-order chi connectivity index (χ1) is 12.2. The van der Waals surface area contributed by atoms with Crippen LogP contribution >= 0.6 is 0 Å². The minimum absolute atomic E-state index is 0.0207. The Bertz CT molecular complexity index is 627. The third kappa shape index (κ3) is 9.19. The zero-order chi connectivity index (χ0) is 19.6. The molecule has 0 aromatic heterocycles. The van der Waals surface area contributed by atoms with Crippen molar-refractivity contribution in [2.45, 2.75) is 52.1 Å². The fourth-order valence-corrected chi connectivity index (χ4v) is 2.53. The van der Waals surface area contributed by atoms with Gasteiger partial charge in [-0.25, -0.2) is 0 Å². The van der Waals surface area contributed by atoms with Crippen LogP contribution in [0.2, 0.25) is 0 Å². The van der Waals surface area contributed by atoms with E-state index in [2.05, 4.69) is 11.4 Å². The molecule has 2 N–H and O–H groups in total. The normalized spacial score (nSPS) is 12.1. The Morgan fingerprint density at radius 1 is 1.23 bits per heavy atom. The number of nitrogens with one attached hydrogen (secondary N) is 1. The number of aliphatic hydroxyl groups is 1. The number of amides is 1. The molecule has 0 saturated carbocycles. The average Bonchev–Trinajstić information content (AvgIpc) is 2.54. The number of esters is 1. The van der Waals surface area contributed by atoms with Gasteiger partial charge in [0.1, 0.15) is 5.60 Å².